The summed E-state index contributed by atoms with van der Waals surface area (Å²) in [6, 6.07) is 0.221. The van der Waals surface area contributed by atoms with Crippen molar-refractivity contribution in [1.29, 1.82) is 0 Å². The van der Waals surface area contributed by atoms with E-state index in [1.165, 1.54) is 0 Å². The molecule has 0 bridgehead atoms. The predicted molar refractivity (Wildman–Crippen MR) is 64.8 cm³/mol. The molecule has 0 heterocycles. The second-order valence-electron chi connectivity index (χ2n) is 5.13. The Morgan fingerprint density at radius 2 is 1.94 bits per heavy atom. The molecule has 0 aromatic carbocycles. The molecule has 0 unspecified atom stereocenters. The van der Waals surface area contributed by atoms with E-state index < -0.39 is 5.97 Å². The average molecular weight is 242 g/mol. The van der Waals surface area contributed by atoms with Gasteiger partial charge in [0.15, 0.2) is 0 Å². The monoisotopic (exact) mass is 242 g/mol. The fourth-order valence-corrected chi connectivity index (χ4v) is 1.88. The van der Waals surface area contributed by atoms with Crippen molar-refractivity contribution in [2.24, 2.45) is 5.92 Å². The van der Waals surface area contributed by atoms with Gasteiger partial charge in [-0.3, -0.25) is 4.79 Å². The minimum absolute atomic E-state index is 0.0256. The number of urea groups is 1. The van der Waals surface area contributed by atoms with E-state index in [1.54, 1.807) is 16.8 Å². The van der Waals surface area contributed by atoms with Crippen LogP contribution in [-0.2, 0) is 4.79 Å². The largest absolute Gasteiger partial charge is 0.481 e. The van der Waals surface area contributed by atoms with Gasteiger partial charge < -0.3 is 14.9 Å². The molecule has 0 aromatic heterocycles. The van der Waals surface area contributed by atoms with Crippen LogP contribution >= 0.6 is 0 Å². The molecule has 1 aliphatic rings. The summed E-state index contributed by atoms with van der Waals surface area (Å²) >= 11 is 0. The smallest absolute Gasteiger partial charge is 0.320 e. The molecule has 1 N–H and O–H groups in total. The van der Waals surface area contributed by atoms with Crippen LogP contribution in [0, 0.1) is 5.92 Å². The molecule has 98 valence electrons. The number of carboxylic acids is 1. The van der Waals surface area contributed by atoms with Gasteiger partial charge in [-0.15, -0.1) is 0 Å². The van der Waals surface area contributed by atoms with Crippen molar-refractivity contribution >= 4 is 12.0 Å². The molecule has 0 aliphatic heterocycles. The summed E-state index contributed by atoms with van der Waals surface area (Å²) in [7, 11) is 1.78. The highest BCUT2D eigenvalue weighted by Crippen LogP contribution is 2.27. The van der Waals surface area contributed by atoms with Crippen LogP contribution in [-0.4, -0.2) is 53.1 Å². The first-order chi connectivity index (χ1) is 7.91. The Kier molecular flexibility index (Phi) is 4.78. The van der Waals surface area contributed by atoms with Crippen LogP contribution in [0.3, 0.4) is 0 Å². The number of hydrogen-bond donors (Lipinski definition) is 1. The maximum atomic E-state index is 12.1. The van der Waals surface area contributed by atoms with E-state index in [4.69, 9.17) is 5.11 Å². The molecule has 0 radical (unpaired) electrons. The zero-order chi connectivity index (χ0) is 13.0. The number of aliphatic carboxylic acids is 1. The van der Waals surface area contributed by atoms with E-state index in [9.17, 15) is 9.59 Å². The molecule has 0 aromatic rings. The Labute approximate surface area is 102 Å². The zero-order valence-electron chi connectivity index (χ0n) is 10.8. The highest BCUT2D eigenvalue weighted by Gasteiger charge is 2.34. The summed E-state index contributed by atoms with van der Waals surface area (Å²) in [6.07, 6.45) is 2.03. The summed E-state index contributed by atoms with van der Waals surface area (Å²) in [4.78, 5) is 26.1. The molecule has 2 amide bonds. The number of carboxylic acid groups (broad SMARTS) is 1. The lowest BCUT2D eigenvalue weighted by Gasteiger charge is -2.28. The van der Waals surface area contributed by atoms with Crippen LogP contribution in [0.5, 0.6) is 0 Å². The first kappa shape index (κ1) is 13.8. The predicted octanol–water partition coefficient (Wildman–Crippen LogP) is 1.63. The second kappa shape index (κ2) is 5.89. The molecule has 0 spiro atoms. The van der Waals surface area contributed by atoms with Gasteiger partial charge in [0.25, 0.3) is 0 Å². The lowest BCUT2D eigenvalue weighted by Crippen LogP contribution is -2.44. The summed E-state index contributed by atoms with van der Waals surface area (Å²) in [5.41, 5.74) is 0. The Morgan fingerprint density at radius 3 is 2.35 bits per heavy atom. The number of nitrogens with zero attached hydrogens (tertiary/aromatic N) is 2. The third-order valence-electron chi connectivity index (χ3n) is 2.77. The van der Waals surface area contributed by atoms with Gasteiger partial charge in [0, 0.05) is 26.2 Å². The van der Waals surface area contributed by atoms with Crippen molar-refractivity contribution < 1.29 is 14.7 Å². The molecule has 5 heteroatoms. The van der Waals surface area contributed by atoms with Crippen molar-refractivity contribution in [3.05, 3.63) is 0 Å². The van der Waals surface area contributed by atoms with E-state index in [0.717, 1.165) is 12.8 Å². The van der Waals surface area contributed by atoms with Gasteiger partial charge in [-0.05, 0) is 18.8 Å². The van der Waals surface area contributed by atoms with Gasteiger partial charge in [-0.1, -0.05) is 13.8 Å². The summed E-state index contributed by atoms with van der Waals surface area (Å²) < 4.78 is 0. The second-order valence-corrected chi connectivity index (χ2v) is 5.13. The average Bonchev–Trinajstić information content (AvgIpc) is 3.00. The van der Waals surface area contributed by atoms with Crippen molar-refractivity contribution in [3.8, 4) is 0 Å². The minimum atomic E-state index is -0.852. The lowest BCUT2D eigenvalue weighted by atomic mass is 10.2. The maximum absolute atomic E-state index is 12.1. The molecule has 1 rings (SSSR count). The number of carbonyl (C=O) groups excluding carboxylic acids is 1. The van der Waals surface area contributed by atoms with Crippen molar-refractivity contribution in [1.82, 2.24) is 9.80 Å². The van der Waals surface area contributed by atoms with Gasteiger partial charge >= 0.3 is 12.0 Å². The quantitative estimate of drug-likeness (QED) is 0.770. The maximum Gasteiger partial charge on any atom is 0.320 e. The van der Waals surface area contributed by atoms with Crippen LogP contribution in [0.2, 0.25) is 0 Å². The minimum Gasteiger partial charge on any atom is -0.481 e. The number of rotatable bonds is 6. The summed E-state index contributed by atoms with van der Waals surface area (Å²) in [5, 5.41) is 8.68. The van der Waals surface area contributed by atoms with E-state index in [-0.39, 0.29) is 18.5 Å². The third-order valence-corrected chi connectivity index (χ3v) is 2.77. The zero-order valence-corrected chi connectivity index (χ0v) is 10.8. The third kappa shape index (κ3) is 4.63. The van der Waals surface area contributed by atoms with Gasteiger partial charge in [0.2, 0.25) is 0 Å². The van der Waals surface area contributed by atoms with Gasteiger partial charge in [-0.2, -0.15) is 0 Å². The molecular weight excluding hydrogens is 220 g/mol. The van der Waals surface area contributed by atoms with Crippen LogP contribution in [0.25, 0.3) is 0 Å². The molecule has 0 saturated heterocycles. The SMILES string of the molecule is CC(C)CN(C)C(=O)N(CCC(=O)O)C1CC1. The Morgan fingerprint density at radius 1 is 1.35 bits per heavy atom. The van der Waals surface area contributed by atoms with Gasteiger partial charge in [0.05, 0.1) is 6.42 Å². The number of carbonyl (C=O) groups is 2. The lowest BCUT2D eigenvalue weighted by molar-refractivity contribution is -0.137. The van der Waals surface area contributed by atoms with Crippen molar-refractivity contribution in [3.63, 3.8) is 0 Å². The molecule has 0 atom stereocenters. The molecule has 1 aliphatic carbocycles. The Balaban J connectivity index is 2.51. The first-order valence-electron chi connectivity index (χ1n) is 6.15. The Hall–Kier alpha value is -1.26. The molecule has 5 nitrogen and oxygen atoms in total. The fraction of sp³-hybridized carbons (Fsp3) is 0.833. The van der Waals surface area contributed by atoms with E-state index in [1.807, 2.05) is 0 Å². The normalized spacial score (nSPS) is 14.8. The van der Waals surface area contributed by atoms with Gasteiger partial charge in [0.1, 0.15) is 0 Å². The molecular formula is C12H22N2O3. The van der Waals surface area contributed by atoms with Crippen LogP contribution in [0.4, 0.5) is 4.79 Å². The molecule has 1 fully saturated rings. The topological polar surface area (TPSA) is 60.9 Å². The molecule has 1 saturated carbocycles. The first-order valence-corrected chi connectivity index (χ1v) is 6.15. The van der Waals surface area contributed by atoms with E-state index in [0.29, 0.717) is 19.0 Å². The number of hydrogen-bond acceptors (Lipinski definition) is 2. The van der Waals surface area contributed by atoms with Crippen molar-refractivity contribution in [2.75, 3.05) is 20.1 Å². The van der Waals surface area contributed by atoms with Gasteiger partial charge in [-0.25, -0.2) is 4.79 Å². The van der Waals surface area contributed by atoms with E-state index >= 15 is 0 Å². The Bertz CT molecular complexity index is 287. The molecule has 17 heavy (non-hydrogen) atoms. The standard InChI is InChI=1S/C12H22N2O3/c1-9(2)8-13(3)12(17)14(10-4-5-10)7-6-11(15)16/h9-10H,4-8H2,1-3H3,(H,15,16). The summed E-state index contributed by atoms with van der Waals surface area (Å²) in [5.74, 6) is -0.431. The van der Waals surface area contributed by atoms with Crippen molar-refractivity contribution in [2.45, 2.75) is 39.2 Å². The van der Waals surface area contributed by atoms with E-state index in [2.05, 4.69) is 13.8 Å². The number of amides is 2. The highest BCUT2D eigenvalue weighted by atomic mass is 16.4. The summed E-state index contributed by atoms with van der Waals surface area (Å²) in [6.45, 7) is 5.14. The van der Waals surface area contributed by atoms with Crippen LogP contribution in [0.1, 0.15) is 33.1 Å². The van der Waals surface area contributed by atoms with Crippen LogP contribution in [0.15, 0.2) is 0 Å². The fourth-order valence-electron chi connectivity index (χ4n) is 1.88. The highest BCUT2D eigenvalue weighted by molar-refractivity contribution is 5.76. The van der Waals surface area contributed by atoms with Crippen LogP contribution < -0.4 is 0 Å².